The molecule has 1 heterocycles. The van der Waals surface area contributed by atoms with Gasteiger partial charge in [-0.2, -0.15) is 13.2 Å². The Hall–Kier alpha value is -3.49. The molecule has 1 aliphatic heterocycles. The van der Waals surface area contributed by atoms with Gasteiger partial charge in [-0.1, -0.05) is 48.5 Å². The number of nitrogens with two attached hydrogens (primary N) is 1. The summed E-state index contributed by atoms with van der Waals surface area (Å²) in [5.41, 5.74) is 10.0. The highest BCUT2D eigenvalue weighted by Crippen LogP contribution is 2.43. The molecule has 198 valence electrons. The monoisotopic (exact) mass is 522 g/mol. The molecule has 0 aromatic heterocycles. The zero-order valence-electron chi connectivity index (χ0n) is 21.0. The van der Waals surface area contributed by atoms with Crippen molar-refractivity contribution in [1.82, 2.24) is 4.90 Å². The van der Waals surface area contributed by atoms with Gasteiger partial charge in [-0.3, -0.25) is 14.5 Å². The molecule has 3 aromatic rings. The van der Waals surface area contributed by atoms with Crippen LogP contribution < -0.4 is 5.73 Å². The topological polar surface area (TPSA) is 72.6 Å². The Morgan fingerprint density at radius 3 is 2.50 bits per heavy atom. The number of ketones is 1. The number of fused-ring (bicyclic) bond motifs is 1. The number of halogens is 3. The lowest BCUT2D eigenvalue weighted by molar-refractivity contribution is -0.145. The Bertz CT molecular complexity index is 1350. The summed E-state index contributed by atoms with van der Waals surface area (Å²) in [6, 6.07) is 17.4. The van der Waals surface area contributed by atoms with Crippen LogP contribution in [0.25, 0.3) is 11.1 Å². The van der Waals surface area contributed by atoms with Gasteiger partial charge in [0.1, 0.15) is 0 Å². The highest BCUT2D eigenvalue weighted by atomic mass is 19.4. The summed E-state index contributed by atoms with van der Waals surface area (Å²) in [6.45, 7) is 3.52. The van der Waals surface area contributed by atoms with Crippen molar-refractivity contribution >= 4 is 11.8 Å². The number of carbonyl (C=O) groups is 2. The van der Waals surface area contributed by atoms with Crippen molar-refractivity contribution in [3.8, 4) is 11.1 Å². The quantitative estimate of drug-likeness (QED) is 0.330. The first-order valence-corrected chi connectivity index (χ1v) is 12.8. The first-order chi connectivity index (χ1) is 18.2. The zero-order chi connectivity index (χ0) is 27.0. The molecule has 1 fully saturated rings. The molecular formula is C30H29F3N2O3. The number of benzene rings is 3. The number of nitrogens with zero attached hydrogens (tertiary/aromatic N) is 1. The minimum atomic E-state index is -4.42. The Morgan fingerprint density at radius 1 is 1.05 bits per heavy atom. The highest BCUT2D eigenvalue weighted by molar-refractivity contribution is 6.13. The number of ether oxygens (including phenoxy) is 1. The summed E-state index contributed by atoms with van der Waals surface area (Å²) in [7, 11) is 0. The molecule has 0 radical (unpaired) electrons. The second kappa shape index (κ2) is 10.3. The number of rotatable bonds is 7. The first-order valence-electron chi connectivity index (χ1n) is 12.8. The zero-order valence-corrected chi connectivity index (χ0v) is 21.0. The molecule has 38 heavy (non-hydrogen) atoms. The van der Waals surface area contributed by atoms with Crippen molar-refractivity contribution < 1.29 is 27.5 Å². The second-order valence-corrected chi connectivity index (χ2v) is 9.90. The van der Waals surface area contributed by atoms with Crippen LogP contribution in [0.3, 0.4) is 0 Å². The molecular weight excluding hydrogens is 493 g/mol. The molecule has 3 aromatic carbocycles. The molecule has 1 aliphatic carbocycles. The largest absolute Gasteiger partial charge is 0.466 e. The van der Waals surface area contributed by atoms with Gasteiger partial charge in [0.15, 0.2) is 5.78 Å². The van der Waals surface area contributed by atoms with E-state index in [1.165, 1.54) is 12.1 Å². The molecule has 8 heteroatoms. The Balaban J connectivity index is 1.32. The van der Waals surface area contributed by atoms with E-state index in [9.17, 15) is 22.8 Å². The maximum atomic E-state index is 13.5. The van der Waals surface area contributed by atoms with Crippen LogP contribution in [0.5, 0.6) is 0 Å². The van der Waals surface area contributed by atoms with Gasteiger partial charge in [-0.15, -0.1) is 0 Å². The van der Waals surface area contributed by atoms with Crippen LogP contribution in [0.2, 0.25) is 0 Å². The maximum Gasteiger partial charge on any atom is 0.416 e. The van der Waals surface area contributed by atoms with E-state index in [0.717, 1.165) is 42.6 Å². The molecule has 3 atom stereocenters. The molecule has 1 saturated carbocycles. The fourth-order valence-corrected chi connectivity index (χ4v) is 5.28. The van der Waals surface area contributed by atoms with Crippen molar-refractivity contribution in [2.45, 2.75) is 38.7 Å². The van der Waals surface area contributed by atoms with Gasteiger partial charge in [0, 0.05) is 30.1 Å². The second-order valence-electron chi connectivity index (χ2n) is 9.90. The van der Waals surface area contributed by atoms with Crippen molar-refractivity contribution in [1.29, 1.82) is 0 Å². The lowest BCUT2D eigenvalue weighted by Gasteiger charge is -2.34. The van der Waals surface area contributed by atoms with Crippen LogP contribution in [0, 0.1) is 11.8 Å². The van der Waals surface area contributed by atoms with E-state index < -0.39 is 11.7 Å². The predicted octanol–water partition coefficient (Wildman–Crippen LogP) is 5.45. The number of esters is 1. The molecule has 2 aliphatic rings. The van der Waals surface area contributed by atoms with E-state index in [1.807, 2.05) is 12.1 Å². The average molecular weight is 523 g/mol. The standard InChI is InChI=1S/C30H29F3N2O3/c1-2-38-29(37)26-16-25(26)28(34)35-14-13-19-15-20(7-8-21(19)17-35)27(36)24-6-4-3-5-23(24)18-9-11-22(12-10-18)30(31,32)33/h3-12,15,25-26,28H,2,13-14,16-17,34H2,1H3. The summed E-state index contributed by atoms with van der Waals surface area (Å²) < 4.78 is 44.1. The molecule has 3 unspecified atom stereocenters. The van der Waals surface area contributed by atoms with Crippen LogP contribution >= 0.6 is 0 Å². The van der Waals surface area contributed by atoms with Gasteiger partial charge in [0.25, 0.3) is 0 Å². The van der Waals surface area contributed by atoms with Gasteiger partial charge in [-0.25, -0.2) is 0 Å². The van der Waals surface area contributed by atoms with Gasteiger partial charge < -0.3 is 10.5 Å². The average Bonchev–Trinajstić information content (AvgIpc) is 3.73. The van der Waals surface area contributed by atoms with E-state index in [2.05, 4.69) is 4.90 Å². The Morgan fingerprint density at radius 2 is 1.79 bits per heavy atom. The predicted molar refractivity (Wildman–Crippen MR) is 137 cm³/mol. The summed E-state index contributed by atoms with van der Waals surface area (Å²) in [5, 5.41) is 0. The summed E-state index contributed by atoms with van der Waals surface area (Å²) in [4.78, 5) is 27.7. The van der Waals surface area contributed by atoms with Crippen LogP contribution in [0.15, 0.2) is 66.7 Å². The third-order valence-electron chi connectivity index (χ3n) is 7.49. The number of hydrogen-bond donors (Lipinski definition) is 1. The summed E-state index contributed by atoms with van der Waals surface area (Å²) in [5.74, 6) is -0.392. The molecule has 2 N–H and O–H groups in total. The van der Waals surface area contributed by atoms with E-state index in [4.69, 9.17) is 10.5 Å². The summed E-state index contributed by atoms with van der Waals surface area (Å²) >= 11 is 0. The van der Waals surface area contributed by atoms with E-state index in [0.29, 0.717) is 35.4 Å². The highest BCUT2D eigenvalue weighted by Gasteiger charge is 2.49. The van der Waals surface area contributed by atoms with Gasteiger partial charge in [-0.05, 0) is 60.2 Å². The van der Waals surface area contributed by atoms with E-state index in [1.54, 1.807) is 37.3 Å². The summed E-state index contributed by atoms with van der Waals surface area (Å²) in [6.07, 6.45) is -3.18. The van der Waals surface area contributed by atoms with Crippen LogP contribution in [-0.2, 0) is 28.7 Å². The molecule has 0 amide bonds. The fourth-order valence-electron chi connectivity index (χ4n) is 5.28. The smallest absolute Gasteiger partial charge is 0.416 e. The van der Waals surface area contributed by atoms with Gasteiger partial charge in [0.05, 0.1) is 24.3 Å². The minimum Gasteiger partial charge on any atom is -0.466 e. The minimum absolute atomic E-state index is 0.0955. The fraction of sp³-hybridized carbons (Fsp3) is 0.333. The molecule has 5 rings (SSSR count). The maximum absolute atomic E-state index is 13.5. The Kier molecular flexibility index (Phi) is 7.11. The third-order valence-corrected chi connectivity index (χ3v) is 7.49. The molecule has 0 saturated heterocycles. The van der Waals surface area contributed by atoms with Crippen molar-refractivity contribution in [3.05, 3.63) is 94.5 Å². The van der Waals surface area contributed by atoms with Crippen molar-refractivity contribution in [2.24, 2.45) is 17.6 Å². The normalized spacial score (nSPS) is 19.9. The van der Waals surface area contributed by atoms with Crippen LogP contribution in [-0.4, -0.2) is 36.0 Å². The molecule has 5 nitrogen and oxygen atoms in total. The van der Waals surface area contributed by atoms with Gasteiger partial charge >= 0.3 is 12.1 Å². The van der Waals surface area contributed by atoms with Crippen LogP contribution in [0.1, 0.15) is 46.0 Å². The lowest BCUT2D eigenvalue weighted by atomic mass is 9.90. The van der Waals surface area contributed by atoms with E-state index in [-0.39, 0.29) is 29.8 Å². The lowest BCUT2D eigenvalue weighted by Crippen LogP contribution is -2.46. The van der Waals surface area contributed by atoms with Crippen molar-refractivity contribution in [3.63, 3.8) is 0 Å². The number of alkyl halides is 3. The first kappa shape index (κ1) is 26.1. The Labute approximate surface area is 219 Å². The van der Waals surface area contributed by atoms with Crippen molar-refractivity contribution in [2.75, 3.05) is 13.2 Å². The molecule has 0 bridgehead atoms. The SMILES string of the molecule is CCOC(=O)C1CC1C(N)N1CCc2cc(C(=O)c3ccccc3-c3ccc(C(F)(F)F)cc3)ccc2C1. The number of carbonyl (C=O) groups excluding carboxylic acids is 2. The number of hydrogen-bond acceptors (Lipinski definition) is 5. The van der Waals surface area contributed by atoms with Gasteiger partial charge in [0.2, 0.25) is 0 Å². The van der Waals surface area contributed by atoms with E-state index >= 15 is 0 Å². The van der Waals surface area contributed by atoms with Crippen LogP contribution in [0.4, 0.5) is 13.2 Å². The third kappa shape index (κ3) is 5.24. The molecule has 0 spiro atoms.